The third-order valence-corrected chi connectivity index (χ3v) is 5.55. The molecular weight excluding hydrogens is 304 g/mol. The standard InChI is InChI=1S/C15H22N2O4S/c1-2-21-15(18)11-14-8-4-6-10-17(14)22(19,20)12-13-7-3-5-9-16-13/h3,5,7,9,14H,2,4,6,8,10-12H2,1H3. The van der Waals surface area contributed by atoms with Crippen molar-refractivity contribution < 1.29 is 17.9 Å². The second kappa shape index (κ2) is 7.69. The first-order valence-electron chi connectivity index (χ1n) is 7.58. The quantitative estimate of drug-likeness (QED) is 0.744. The minimum Gasteiger partial charge on any atom is -0.466 e. The van der Waals surface area contributed by atoms with Crippen molar-refractivity contribution in [3.63, 3.8) is 0 Å². The van der Waals surface area contributed by atoms with Gasteiger partial charge in [-0.3, -0.25) is 9.78 Å². The predicted octanol–water partition coefficient (Wildman–Crippen LogP) is 1.72. The van der Waals surface area contributed by atoms with Crippen molar-refractivity contribution in [3.8, 4) is 0 Å². The maximum atomic E-state index is 12.6. The Morgan fingerprint density at radius 3 is 2.91 bits per heavy atom. The number of ether oxygens (including phenoxy) is 1. The number of hydrogen-bond donors (Lipinski definition) is 0. The zero-order valence-electron chi connectivity index (χ0n) is 12.8. The molecule has 0 spiro atoms. The molecule has 0 bridgehead atoms. The van der Waals surface area contributed by atoms with Gasteiger partial charge in [0.15, 0.2) is 0 Å². The van der Waals surface area contributed by atoms with Gasteiger partial charge in [0.05, 0.1) is 18.7 Å². The molecule has 0 amide bonds. The number of pyridine rings is 1. The molecule has 1 aromatic rings. The number of hydrogen-bond acceptors (Lipinski definition) is 5. The molecule has 1 aliphatic rings. The van der Waals surface area contributed by atoms with Gasteiger partial charge in [-0.2, -0.15) is 4.31 Å². The van der Waals surface area contributed by atoms with Crippen LogP contribution in [0.15, 0.2) is 24.4 Å². The van der Waals surface area contributed by atoms with E-state index in [1.54, 1.807) is 31.3 Å². The van der Waals surface area contributed by atoms with E-state index in [0.717, 1.165) is 12.8 Å². The van der Waals surface area contributed by atoms with Crippen LogP contribution in [0.3, 0.4) is 0 Å². The summed E-state index contributed by atoms with van der Waals surface area (Å²) in [6.07, 6.45) is 4.15. The van der Waals surface area contributed by atoms with Crippen LogP contribution < -0.4 is 0 Å². The molecule has 2 rings (SSSR count). The molecule has 7 heteroatoms. The second-order valence-electron chi connectivity index (χ2n) is 5.35. The van der Waals surface area contributed by atoms with Crippen LogP contribution in [-0.4, -0.2) is 42.9 Å². The van der Waals surface area contributed by atoms with Crippen LogP contribution in [0.5, 0.6) is 0 Å². The highest BCUT2D eigenvalue weighted by molar-refractivity contribution is 7.88. The van der Waals surface area contributed by atoms with Gasteiger partial charge in [-0.25, -0.2) is 8.42 Å². The van der Waals surface area contributed by atoms with E-state index in [1.165, 1.54) is 4.31 Å². The maximum Gasteiger partial charge on any atom is 0.307 e. The molecule has 1 aliphatic heterocycles. The first-order chi connectivity index (χ1) is 10.5. The van der Waals surface area contributed by atoms with E-state index in [0.29, 0.717) is 25.3 Å². The number of sulfonamides is 1. The van der Waals surface area contributed by atoms with Crippen LogP contribution >= 0.6 is 0 Å². The van der Waals surface area contributed by atoms with Gasteiger partial charge in [-0.05, 0) is 31.9 Å². The number of carbonyl (C=O) groups excluding carboxylic acids is 1. The SMILES string of the molecule is CCOC(=O)CC1CCCCN1S(=O)(=O)Cc1ccccn1. The second-order valence-corrected chi connectivity index (χ2v) is 7.27. The highest BCUT2D eigenvalue weighted by Crippen LogP contribution is 2.25. The molecule has 0 aromatic carbocycles. The molecule has 0 saturated carbocycles. The fraction of sp³-hybridized carbons (Fsp3) is 0.600. The van der Waals surface area contributed by atoms with Crippen molar-refractivity contribution in [3.05, 3.63) is 30.1 Å². The lowest BCUT2D eigenvalue weighted by Crippen LogP contribution is -2.45. The zero-order chi connectivity index (χ0) is 16.0. The lowest BCUT2D eigenvalue weighted by atomic mass is 10.0. The summed E-state index contributed by atoms with van der Waals surface area (Å²) in [6, 6.07) is 4.91. The van der Waals surface area contributed by atoms with E-state index in [2.05, 4.69) is 4.98 Å². The summed E-state index contributed by atoms with van der Waals surface area (Å²) in [5, 5.41) is 0. The molecule has 1 saturated heterocycles. The van der Waals surface area contributed by atoms with E-state index in [-0.39, 0.29) is 24.2 Å². The summed E-state index contributed by atoms with van der Waals surface area (Å²) in [4.78, 5) is 15.8. The van der Waals surface area contributed by atoms with Gasteiger partial charge in [0.1, 0.15) is 5.75 Å². The van der Waals surface area contributed by atoms with Crippen molar-refractivity contribution in [2.24, 2.45) is 0 Å². The van der Waals surface area contributed by atoms with Crippen LogP contribution in [0.25, 0.3) is 0 Å². The van der Waals surface area contributed by atoms with E-state index in [9.17, 15) is 13.2 Å². The van der Waals surface area contributed by atoms with Crippen molar-refractivity contribution in [2.45, 2.75) is 44.4 Å². The molecule has 0 radical (unpaired) electrons. The van der Waals surface area contributed by atoms with Crippen molar-refractivity contribution >= 4 is 16.0 Å². The topological polar surface area (TPSA) is 76.6 Å². The number of aromatic nitrogens is 1. The predicted molar refractivity (Wildman–Crippen MR) is 82.5 cm³/mol. The highest BCUT2D eigenvalue weighted by atomic mass is 32.2. The van der Waals surface area contributed by atoms with Gasteiger partial charge in [-0.1, -0.05) is 12.5 Å². The molecule has 1 atom stereocenters. The number of esters is 1. The Balaban J connectivity index is 2.10. The van der Waals surface area contributed by atoms with Gasteiger partial charge < -0.3 is 4.74 Å². The minimum atomic E-state index is -3.48. The molecule has 6 nitrogen and oxygen atoms in total. The van der Waals surface area contributed by atoms with Gasteiger partial charge in [0, 0.05) is 18.8 Å². The molecule has 1 fully saturated rings. The average Bonchev–Trinajstić information content (AvgIpc) is 2.48. The molecule has 0 aliphatic carbocycles. The van der Waals surface area contributed by atoms with Crippen molar-refractivity contribution in [1.82, 2.24) is 9.29 Å². The Morgan fingerprint density at radius 1 is 1.41 bits per heavy atom. The lowest BCUT2D eigenvalue weighted by Gasteiger charge is -2.34. The summed E-state index contributed by atoms with van der Waals surface area (Å²) in [7, 11) is -3.48. The Morgan fingerprint density at radius 2 is 2.23 bits per heavy atom. The molecule has 1 unspecified atom stereocenters. The largest absolute Gasteiger partial charge is 0.466 e. The summed E-state index contributed by atoms with van der Waals surface area (Å²) in [5.41, 5.74) is 0.517. The Bertz CT molecular complexity index is 589. The molecular formula is C15H22N2O4S. The van der Waals surface area contributed by atoms with Crippen LogP contribution in [0, 0.1) is 0 Å². The third kappa shape index (κ3) is 4.51. The number of rotatable bonds is 6. The number of piperidine rings is 1. The van der Waals surface area contributed by atoms with E-state index >= 15 is 0 Å². The van der Waals surface area contributed by atoms with Crippen LogP contribution in [0.1, 0.15) is 38.3 Å². The van der Waals surface area contributed by atoms with Gasteiger partial charge in [0.2, 0.25) is 10.0 Å². The molecule has 22 heavy (non-hydrogen) atoms. The average molecular weight is 326 g/mol. The molecule has 2 heterocycles. The molecule has 122 valence electrons. The van der Waals surface area contributed by atoms with Gasteiger partial charge in [0.25, 0.3) is 0 Å². The van der Waals surface area contributed by atoms with Crippen LogP contribution in [-0.2, 0) is 25.3 Å². The number of nitrogens with zero attached hydrogens (tertiary/aromatic N) is 2. The summed E-state index contributed by atoms with van der Waals surface area (Å²) < 4.78 is 31.7. The third-order valence-electron chi connectivity index (χ3n) is 3.69. The zero-order valence-corrected chi connectivity index (χ0v) is 13.6. The summed E-state index contributed by atoms with van der Waals surface area (Å²) in [5.74, 6) is -0.472. The maximum absolute atomic E-state index is 12.6. The first-order valence-corrected chi connectivity index (χ1v) is 9.19. The summed E-state index contributed by atoms with van der Waals surface area (Å²) >= 11 is 0. The van der Waals surface area contributed by atoms with Gasteiger partial charge >= 0.3 is 5.97 Å². The lowest BCUT2D eigenvalue weighted by molar-refractivity contribution is -0.144. The van der Waals surface area contributed by atoms with Crippen LogP contribution in [0.2, 0.25) is 0 Å². The van der Waals surface area contributed by atoms with Crippen molar-refractivity contribution in [2.75, 3.05) is 13.2 Å². The van der Waals surface area contributed by atoms with E-state index in [1.807, 2.05) is 0 Å². The minimum absolute atomic E-state index is 0.120. The smallest absolute Gasteiger partial charge is 0.307 e. The van der Waals surface area contributed by atoms with E-state index in [4.69, 9.17) is 4.74 Å². The van der Waals surface area contributed by atoms with Crippen LogP contribution in [0.4, 0.5) is 0 Å². The molecule has 0 N–H and O–H groups in total. The monoisotopic (exact) mass is 326 g/mol. The fourth-order valence-corrected chi connectivity index (χ4v) is 4.46. The van der Waals surface area contributed by atoms with E-state index < -0.39 is 10.0 Å². The van der Waals surface area contributed by atoms with Gasteiger partial charge in [-0.15, -0.1) is 0 Å². The highest BCUT2D eigenvalue weighted by Gasteiger charge is 2.34. The Kier molecular flexibility index (Phi) is 5.90. The first kappa shape index (κ1) is 16.9. The van der Waals surface area contributed by atoms with Crippen molar-refractivity contribution in [1.29, 1.82) is 0 Å². The Labute approximate surface area is 131 Å². The number of carbonyl (C=O) groups is 1. The summed E-state index contributed by atoms with van der Waals surface area (Å²) in [6.45, 7) is 2.51. The fourth-order valence-electron chi connectivity index (χ4n) is 2.71. The molecule has 1 aromatic heterocycles. The Hall–Kier alpha value is -1.47. The normalized spacial score (nSPS) is 19.8.